The molecule has 0 spiro atoms. The van der Waals surface area contributed by atoms with Crippen molar-refractivity contribution in [2.75, 3.05) is 5.32 Å². The van der Waals surface area contributed by atoms with Crippen molar-refractivity contribution < 1.29 is 18.9 Å². The fourth-order valence-corrected chi connectivity index (χ4v) is 4.03. The number of amides is 1. The van der Waals surface area contributed by atoms with Gasteiger partial charge in [0.2, 0.25) is 0 Å². The summed E-state index contributed by atoms with van der Waals surface area (Å²) in [6, 6.07) is 15.0. The molecule has 0 atom stereocenters. The molecule has 6 nitrogen and oxygen atoms in total. The van der Waals surface area contributed by atoms with Crippen molar-refractivity contribution in [2.24, 2.45) is 0 Å². The molecule has 2 heterocycles. The summed E-state index contributed by atoms with van der Waals surface area (Å²) in [7, 11) is -0.450. The number of aromatic nitrogens is 1. The molecule has 4 rings (SSSR count). The van der Waals surface area contributed by atoms with Gasteiger partial charge in [0.1, 0.15) is 5.69 Å². The number of rotatable bonds is 5. The highest BCUT2D eigenvalue weighted by Gasteiger charge is 2.52. The minimum Gasteiger partial charge on any atom is -0.399 e. The summed E-state index contributed by atoms with van der Waals surface area (Å²) in [5.74, 6) is -0.333. The maximum Gasteiger partial charge on any atom is 0.495 e. The van der Waals surface area contributed by atoms with Crippen LogP contribution in [0.3, 0.4) is 0 Å². The first-order valence-electron chi connectivity index (χ1n) is 11.3. The molecule has 0 bridgehead atoms. The summed E-state index contributed by atoms with van der Waals surface area (Å²) in [6.45, 7) is 12.2. The molecule has 2 aromatic carbocycles. The van der Waals surface area contributed by atoms with Crippen LogP contribution in [0.5, 0.6) is 0 Å². The van der Waals surface area contributed by atoms with Crippen LogP contribution < -0.4 is 10.8 Å². The Bertz CT molecular complexity index is 1240. The molecule has 7 heteroatoms. The van der Waals surface area contributed by atoms with Gasteiger partial charge in [-0.25, -0.2) is 0 Å². The smallest absolute Gasteiger partial charge is 0.399 e. The van der Waals surface area contributed by atoms with Crippen LogP contribution >= 0.6 is 0 Å². The fraction of sp³-hybridized carbons (Fsp3) is 0.296. The molecule has 1 saturated heterocycles. The van der Waals surface area contributed by atoms with Crippen LogP contribution in [0.25, 0.3) is 11.1 Å². The summed E-state index contributed by atoms with van der Waals surface area (Å²) in [4.78, 5) is 27.7. The Kier molecular flexibility index (Phi) is 6.19. The first-order valence-corrected chi connectivity index (χ1v) is 11.3. The van der Waals surface area contributed by atoms with Gasteiger partial charge in [-0.05, 0) is 87.5 Å². The maximum atomic E-state index is 12.7. The van der Waals surface area contributed by atoms with Gasteiger partial charge in [0.05, 0.1) is 11.2 Å². The highest BCUT2D eigenvalue weighted by atomic mass is 16.7. The number of hydrogen-bond donors (Lipinski definition) is 1. The molecule has 1 aliphatic heterocycles. The summed E-state index contributed by atoms with van der Waals surface area (Å²) < 4.78 is 12.6. The normalized spacial score (nSPS) is 16.4. The molecule has 1 aliphatic rings. The van der Waals surface area contributed by atoms with E-state index in [1.807, 2.05) is 65.0 Å². The third-order valence-electron chi connectivity index (χ3n) is 6.91. The summed E-state index contributed by atoms with van der Waals surface area (Å²) in [5.41, 5.74) is 5.59. The zero-order chi connectivity index (χ0) is 24.7. The lowest BCUT2D eigenvalue weighted by Gasteiger charge is -2.32. The zero-order valence-electron chi connectivity index (χ0n) is 20.4. The van der Waals surface area contributed by atoms with Crippen LogP contribution in [0, 0.1) is 13.8 Å². The first-order chi connectivity index (χ1) is 16.0. The number of nitrogens with zero attached hydrogens (tertiary/aromatic N) is 1. The van der Waals surface area contributed by atoms with Crippen LogP contribution in [0.1, 0.15) is 59.7 Å². The number of benzene rings is 2. The highest BCUT2D eigenvalue weighted by molar-refractivity contribution is 6.62. The predicted octanol–water partition coefficient (Wildman–Crippen LogP) is 4.73. The molecule has 1 amide bonds. The minimum atomic E-state index is -0.450. The second-order valence-corrected chi connectivity index (χ2v) is 9.63. The largest absolute Gasteiger partial charge is 0.495 e. The molecule has 0 saturated carbocycles. The lowest BCUT2D eigenvalue weighted by atomic mass is 9.74. The summed E-state index contributed by atoms with van der Waals surface area (Å²) >= 11 is 0. The zero-order valence-corrected chi connectivity index (χ0v) is 20.4. The quantitative estimate of drug-likeness (QED) is 0.444. The average Bonchev–Trinajstić information content (AvgIpc) is 3.02. The lowest BCUT2D eigenvalue weighted by molar-refractivity contribution is 0.00578. The van der Waals surface area contributed by atoms with Crippen molar-refractivity contribution in [1.29, 1.82) is 0 Å². The Morgan fingerprint density at radius 3 is 2.12 bits per heavy atom. The van der Waals surface area contributed by atoms with Crippen molar-refractivity contribution in [3.05, 3.63) is 77.1 Å². The van der Waals surface area contributed by atoms with E-state index in [-0.39, 0.29) is 11.6 Å². The molecule has 0 radical (unpaired) electrons. The van der Waals surface area contributed by atoms with Crippen LogP contribution in [0.15, 0.2) is 54.7 Å². The molecule has 1 fully saturated rings. The third kappa shape index (κ3) is 4.29. The van der Waals surface area contributed by atoms with Gasteiger partial charge in [0.15, 0.2) is 6.29 Å². The van der Waals surface area contributed by atoms with Gasteiger partial charge in [-0.2, -0.15) is 0 Å². The van der Waals surface area contributed by atoms with Crippen LogP contribution in [-0.2, 0) is 9.31 Å². The molecule has 1 aromatic heterocycles. The molecule has 34 heavy (non-hydrogen) atoms. The van der Waals surface area contributed by atoms with E-state index in [1.165, 1.54) is 12.3 Å². The van der Waals surface area contributed by atoms with E-state index < -0.39 is 18.3 Å². The van der Waals surface area contributed by atoms with Crippen molar-refractivity contribution >= 4 is 30.5 Å². The predicted molar refractivity (Wildman–Crippen MR) is 135 cm³/mol. The summed E-state index contributed by atoms with van der Waals surface area (Å²) in [6.07, 6.45) is 2.08. The molecule has 174 valence electrons. The van der Waals surface area contributed by atoms with Gasteiger partial charge in [-0.3, -0.25) is 14.6 Å². The monoisotopic (exact) mass is 456 g/mol. The van der Waals surface area contributed by atoms with Crippen LogP contribution in [0.4, 0.5) is 5.69 Å². The Labute approximate surface area is 200 Å². The Hall–Kier alpha value is -3.29. The molecular weight excluding hydrogens is 427 g/mol. The van der Waals surface area contributed by atoms with Gasteiger partial charge in [-0.1, -0.05) is 30.3 Å². The van der Waals surface area contributed by atoms with Crippen LogP contribution in [0.2, 0.25) is 0 Å². The second kappa shape index (κ2) is 8.82. The molecule has 1 N–H and O–H groups in total. The van der Waals surface area contributed by atoms with E-state index >= 15 is 0 Å². The van der Waals surface area contributed by atoms with Gasteiger partial charge in [0.25, 0.3) is 5.91 Å². The number of nitrogens with one attached hydrogen (secondary N) is 1. The Morgan fingerprint density at radius 1 is 0.912 bits per heavy atom. The molecule has 3 aromatic rings. The van der Waals surface area contributed by atoms with E-state index in [0.29, 0.717) is 17.5 Å². The van der Waals surface area contributed by atoms with E-state index in [9.17, 15) is 9.59 Å². The van der Waals surface area contributed by atoms with Crippen LogP contribution in [-0.4, -0.2) is 35.5 Å². The number of carbonyl (C=O) groups excluding carboxylic acids is 2. The standard InChI is InChI=1S/C27H29BN2O4/c1-17-20(9-7-11-22(17)28-33-26(3,4)27(5,6)34-28)21-10-8-12-23(18(21)2)30-25(32)24-14-13-19(16-31)15-29-24/h7-16H,1-6H3,(H,30,32). The van der Waals surface area contributed by atoms with E-state index in [4.69, 9.17) is 9.31 Å². The van der Waals surface area contributed by atoms with Gasteiger partial charge in [0, 0.05) is 17.4 Å². The van der Waals surface area contributed by atoms with Crippen molar-refractivity contribution in [3.63, 3.8) is 0 Å². The number of anilines is 1. The molecular formula is C27H29BN2O4. The van der Waals surface area contributed by atoms with Crippen molar-refractivity contribution in [2.45, 2.75) is 52.7 Å². The fourth-order valence-electron chi connectivity index (χ4n) is 4.03. The van der Waals surface area contributed by atoms with E-state index in [0.717, 1.165) is 27.7 Å². The van der Waals surface area contributed by atoms with E-state index in [2.05, 4.69) is 23.3 Å². The van der Waals surface area contributed by atoms with Gasteiger partial charge < -0.3 is 14.6 Å². The SMILES string of the molecule is Cc1c(NC(=O)c2ccc(C=O)cn2)cccc1-c1cccc(B2OC(C)(C)C(C)(C)O2)c1C. The van der Waals surface area contributed by atoms with Crippen molar-refractivity contribution in [3.8, 4) is 11.1 Å². The first kappa shape index (κ1) is 23.9. The maximum absolute atomic E-state index is 12.7. The molecule has 0 unspecified atom stereocenters. The number of carbonyl (C=O) groups is 2. The topological polar surface area (TPSA) is 77.5 Å². The lowest BCUT2D eigenvalue weighted by Crippen LogP contribution is -2.41. The second-order valence-electron chi connectivity index (χ2n) is 9.63. The third-order valence-corrected chi connectivity index (χ3v) is 6.91. The number of hydrogen-bond acceptors (Lipinski definition) is 5. The van der Waals surface area contributed by atoms with Gasteiger partial charge >= 0.3 is 7.12 Å². The van der Waals surface area contributed by atoms with E-state index in [1.54, 1.807) is 6.07 Å². The summed E-state index contributed by atoms with van der Waals surface area (Å²) in [5, 5.41) is 2.95. The Morgan fingerprint density at radius 2 is 1.53 bits per heavy atom. The van der Waals surface area contributed by atoms with Crippen molar-refractivity contribution in [1.82, 2.24) is 4.98 Å². The average molecular weight is 456 g/mol. The highest BCUT2D eigenvalue weighted by Crippen LogP contribution is 2.37. The Balaban J connectivity index is 1.65. The number of aldehydes is 1. The van der Waals surface area contributed by atoms with Gasteiger partial charge in [-0.15, -0.1) is 0 Å². The minimum absolute atomic E-state index is 0.245. The molecule has 0 aliphatic carbocycles. The number of pyridine rings is 1.